The van der Waals surface area contributed by atoms with Crippen molar-refractivity contribution in [2.75, 3.05) is 19.7 Å². The molecule has 2 aliphatic heterocycles. The Labute approximate surface area is 106 Å². The number of ether oxygens (including phenoxy) is 1. The number of nitrogens with zero attached hydrogens (tertiary/aromatic N) is 1. The van der Waals surface area contributed by atoms with Crippen molar-refractivity contribution in [3.05, 3.63) is 0 Å². The van der Waals surface area contributed by atoms with E-state index in [-0.39, 0.29) is 5.54 Å². The highest BCUT2D eigenvalue weighted by molar-refractivity contribution is 5.00. The van der Waals surface area contributed by atoms with Crippen LogP contribution >= 0.6 is 0 Å². The Kier molecular flexibility index (Phi) is 4.11. The molecular weight excluding hydrogens is 212 g/mol. The van der Waals surface area contributed by atoms with E-state index in [9.17, 15) is 0 Å². The number of piperidine rings is 1. The van der Waals surface area contributed by atoms with Crippen LogP contribution in [0.4, 0.5) is 0 Å². The van der Waals surface area contributed by atoms with Crippen LogP contribution in [-0.4, -0.2) is 48.3 Å². The molecule has 0 spiro atoms. The molecule has 0 radical (unpaired) electrons. The van der Waals surface area contributed by atoms with Gasteiger partial charge in [0, 0.05) is 30.8 Å². The summed E-state index contributed by atoms with van der Waals surface area (Å²) in [6.07, 6.45) is 4.11. The van der Waals surface area contributed by atoms with Gasteiger partial charge in [0.25, 0.3) is 0 Å². The zero-order chi connectivity index (χ0) is 12.5. The maximum absolute atomic E-state index is 5.79. The molecule has 0 aromatic carbocycles. The predicted octanol–water partition coefficient (Wildman–Crippen LogP) is 2.02. The van der Waals surface area contributed by atoms with E-state index in [4.69, 9.17) is 4.74 Å². The largest absolute Gasteiger partial charge is 0.377 e. The van der Waals surface area contributed by atoms with Crippen molar-refractivity contribution < 1.29 is 4.74 Å². The van der Waals surface area contributed by atoms with E-state index >= 15 is 0 Å². The number of nitrogens with one attached hydrogen (secondary N) is 1. The van der Waals surface area contributed by atoms with Crippen molar-refractivity contribution in [1.29, 1.82) is 0 Å². The van der Waals surface area contributed by atoms with E-state index < -0.39 is 0 Å². The molecule has 2 saturated heterocycles. The number of hydrogen-bond acceptors (Lipinski definition) is 3. The van der Waals surface area contributed by atoms with Gasteiger partial charge in [-0.1, -0.05) is 6.92 Å². The van der Waals surface area contributed by atoms with Gasteiger partial charge >= 0.3 is 0 Å². The Hall–Kier alpha value is -0.120. The van der Waals surface area contributed by atoms with Crippen molar-refractivity contribution in [3.63, 3.8) is 0 Å². The van der Waals surface area contributed by atoms with Gasteiger partial charge in [-0.2, -0.15) is 0 Å². The fourth-order valence-corrected chi connectivity index (χ4v) is 3.61. The van der Waals surface area contributed by atoms with Gasteiger partial charge in [-0.3, -0.25) is 4.90 Å². The maximum Gasteiger partial charge on any atom is 0.0728 e. The molecule has 2 fully saturated rings. The van der Waals surface area contributed by atoms with Crippen molar-refractivity contribution in [1.82, 2.24) is 10.2 Å². The van der Waals surface area contributed by atoms with Gasteiger partial charge in [-0.05, 0) is 46.6 Å². The predicted molar refractivity (Wildman–Crippen MR) is 71.3 cm³/mol. The van der Waals surface area contributed by atoms with Gasteiger partial charge in [0.05, 0.1) is 6.10 Å². The van der Waals surface area contributed by atoms with Gasteiger partial charge in [-0.15, -0.1) is 0 Å². The highest BCUT2D eigenvalue weighted by atomic mass is 16.5. The minimum Gasteiger partial charge on any atom is -0.377 e. The molecular formula is C14H28N2O. The molecule has 1 N–H and O–H groups in total. The summed E-state index contributed by atoms with van der Waals surface area (Å²) in [5.74, 6) is 0. The van der Waals surface area contributed by atoms with Crippen LogP contribution < -0.4 is 5.32 Å². The second kappa shape index (κ2) is 5.25. The van der Waals surface area contributed by atoms with E-state index in [1.807, 2.05) is 0 Å². The van der Waals surface area contributed by atoms with E-state index in [1.54, 1.807) is 0 Å². The van der Waals surface area contributed by atoms with Crippen LogP contribution in [-0.2, 0) is 4.74 Å². The Morgan fingerprint density at radius 1 is 1.41 bits per heavy atom. The Morgan fingerprint density at radius 2 is 2.18 bits per heavy atom. The van der Waals surface area contributed by atoms with Crippen molar-refractivity contribution in [3.8, 4) is 0 Å². The average molecular weight is 240 g/mol. The maximum atomic E-state index is 5.79. The summed E-state index contributed by atoms with van der Waals surface area (Å²) in [7, 11) is 0. The van der Waals surface area contributed by atoms with Crippen LogP contribution in [0.1, 0.15) is 47.0 Å². The van der Waals surface area contributed by atoms with Crippen molar-refractivity contribution >= 4 is 0 Å². The Morgan fingerprint density at radius 3 is 2.71 bits per heavy atom. The minimum absolute atomic E-state index is 0.261. The molecule has 0 amide bonds. The zero-order valence-corrected chi connectivity index (χ0v) is 11.8. The standard InChI is InChI=1S/C14H28N2O/c1-5-15-13-6-8-16(11(2)10-13)14(4)7-9-17-12(14)3/h11-13,15H,5-10H2,1-4H3. The summed E-state index contributed by atoms with van der Waals surface area (Å²) in [4.78, 5) is 2.69. The number of likely N-dealkylation sites (tertiary alicyclic amines) is 1. The van der Waals surface area contributed by atoms with Crippen LogP contribution in [0.2, 0.25) is 0 Å². The molecule has 0 aliphatic carbocycles. The monoisotopic (exact) mass is 240 g/mol. The first-order valence-corrected chi connectivity index (χ1v) is 7.19. The fraction of sp³-hybridized carbons (Fsp3) is 1.00. The average Bonchev–Trinajstić information content (AvgIpc) is 2.60. The molecule has 2 heterocycles. The second-order valence-electron chi connectivity index (χ2n) is 5.94. The number of rotatable bonds is 3. The second-order valence-corrected chi connectivity index (χ2v) is 5.94. The molecule has 3 heteroatoms. The lowest BCUT2D eigenvalue weighted by Gasteiger charge is -2.48. The summed E-state index contributed by atoms with van der Waals surface area (Å²) in [6, 6.07) is 1.38. The van der Waals surface area contributed by atoms with Crippen LogP contribution in [0.15, 0.2) is 0 Å². The smallest absolute Gasteiger partial charge is 0.0728 e. The van der Waals surface area contributed by atoms with Crippen molar-refractivity contribution in [2.24, 2.45) is 0 Å². The molecule has 100 valence electrons. The molecule has 0 aromatic rings. The van der Waals surface area contributed by atoms with E-state index in [1.165, 1.54) is 25.8 Å². The lowest BCUT2D eigenvalue weighted by molar-refractivity contribution is -0.0206. The molecule has 4 unspecified atom stereocenters. The zero-order valence-electron chi connectivity index (χ0n) is 11.8. The normalized spacial score (nSPS) is 44.1. The van der Waals surface area contributed by atoms with Crippen LogP contribution in [0.3, 0.4) is 0 Å². The van der Waals surface area contributed by atoms with Crippen LogP contribution in [0, 0.1) is 0 Å². The van der Waals surface area contributed by atoms with E-state index in [0.717, 1.165) is 13.2 Å². The summed E-state index contributed by atoms with van der Waals surface area (Å²) < 4.78 is 5.79. The molecule has 0 saturated carbocycles. The molecule has 2 rings (SSSR count). The van der Waals surface area contributed by atoms with Crippen LogP contribution in [0.5, 0.6) is 0 Å². The third kappa shape index (κ3) is 2.51. The first kappa shape index (κ1) is 13.3. The first-order valence-electron chi connectivity index (χ1n) is 7.19. The van der Waals surface area contributed by atoms with Gasteiger partial charge in [0.2, 0.25) is 0 Å². The highest BCUT2D eigenvalue weighted by Gasteiger charge is 2.45. The molecule has 0 aromatic heterocycles. The van der Waals surface area contributed by atoms with Crippen LogP contribution in [0.25, 0.3) is 0 Å². The van der Waals surface area contributed by atoms with E-state index in [2.05, 4.69) is 37.9 Å². The molecule has 3 nitrogen and oxygen atoms in total. The topological polar surface area (TPSA) is 24.5 Å². The first-order chi connectivity index (χ1) is 8.08. The molecule has 17 heavy (non-hydrogen) atoms. The third-order valence-corrected chi connectivity index (χ3v) is 4.88. The van der Waals surface area contributed by atoms with Gasteiger partial charge in [-0.25, -0.2) is 0 Å². The Bertz CT molecular complexity index is 259. The van der Waals surface area contributed by atoms with Gasteiger partial charge < -0.3 is 10.1 Å². The lowest BCUT2D eigenvalue weighted by Crippen LogP contribution is -2.59. The van der Waals surface area contributed by atoms with Gasteiger partial charge in [0.1, 0.15) is 0 Å². The third-order valence-electron chi connectivity index (χ3n) is 4.88. The number of hydrogen-bond donors (Lipinski definition) is 1. The fourth-order valence-electron chi connectivity index (χ4n) is 3.61. The lowest BCUT2D eigenvalue weighted by atomic mass is 9.86. The van der Waals surface area contributed by atoms with Crippen molar-refractivity contribution in [2.45, 2.75) is 70.7 Å². The summed E-state index contributed by atoms with van der Waals surface area (Å²) in [5, 5.41) is 3.59. The summed E-state index contributed by atoms with van der Waals surface area (Å²) in [6.45, 7) is 12.4. The Balaban J connectivity index is 1.99. The van der Waals surface area contributed by atoms with E-state index in [0.29, 0.717) is 18.2 Å². The summed E-state index contributed by atoms with van der Waals surface area (Å²) in [5.41, 5.74) is 0.261. The highest BCUT2D eigenvalue weighted by Crippen LogP contribution is 2.36. The molecule has 2 aliphatic rings. The molecule has 0 bridgehead atoms. The summed E-state index contributed by atoms with van der Waals surface area (Å²) >= 11 is 0. The molecule has 4 atom stereocenters. The SMILES string of the molecule is CCNC1CCN(C2(C)CCOC2C)C(C)C1. The minimum atomic E-state index is 0.261. The van der Waals surface area contributed by atoms with Gasteiger partial charge in [0.15, 0.2) is 0 Å². The quantitative estimate of drug-likeness (QED) is 0.817.